The minimum absolute atomic E-state index is 0. The number of aromatic amines is 1. The van der Waals surface area contributed by atoms with Gasteiger partial charge in [-0.2, -0.15) is 0 Å². The van der Waals surface area contributed by atoms with E-state index in [2.05, 4.69) is 9.97 Å². The Morgan fingerprint density at radius 2 is 1.77 bits per heavy atom. The summed E-state index contributed by atoms with van der Waals surface area (Å²) in [7, 11) is 0. The summed E-state index contributed by atoms with van der Waals surface area (Å²) >= 11 is 6.00. The highest BCUT2D eigenvalue weighted by molar-refractivity contribution is 6.30. The molecular weight excluding hydrogens is 427 g/mol. The first-order valence-corrected chi connectivity index (χ1v) is 9.29. The van der Waals surface area contributed by atoms with E-state index in [1.165, 1.54) is 12.1 Å². The first-order chi connectivity index (χ1) is 14.0. The number of carboxylic acids is 1. The predicted molar refractivity (Wildman–Crippen MR) is 117 cm³/mol. The molecule has 0 radical (unpaired) electrons. The number of halogens is 2. The van der Waals surface area contributed by atoms with Gasteiger partial charge in [-0.1, -0.05) is 23.7 Å². The SMILES string of the molecule is CC(Oc1cccc(C(=O)O)c1)c1nc2ccc(Oc3cccc(Cl)c3)cc2[nH]1.Cl. The second-order valence-corrected chi connectivity index (χ2v) is 6.89. The number of carboxylic acid groups (broad SMARTS) is 1. The van der Waals surface area contributed by atoms with E-state index in [9.17, 15) is 4.79 Å². The van der Waals surface area contributed by atoms with Crippen LogP contribution in [-0.2, 0) is 0 Å². The van der Waals surface area contributed by atoms with Crippen LogP contribution < -0.4 is 9.47 Å². The third-order valence-electron chi connectivity index (χ3n) is 4.28. The molecule has 0 spiro atoms. The van der Waals surface area contributed by atoms with Gasteiger partial charge in [-0.25, -0.2) is 9.78 Å². The number of nitrogens with one attached hydrogen (secondary N) is 1. The minimum atomic E-state index is -1.00. The Labute approximate surface area is 183 Å². The third-order valence-corrected chi connectivity index (χ3v) is 4.52. The topological polar surface area (TPSA) is 84.4 Å². The van der Waals surface area contributed by atoms with E-state index in [0.717, 1.165) is 11.0 Å². The molecule has 8 heteroatoms. The fraction of sp³-hybridized carbons (Fsp3) is 0.0909. The number of fused-ring (bicyclic) bond motifs is 1. The fourth-order valence-electron chi connectivity index (χ4n) is 2.89. The summed E-state index contributed by atoms with van der Waals surface area (Å²) in [5, 5.41) is 9.71. The van der Waals surface area contributed by atoms with Crippen molar-refractivity contribution < 1.29 is 19.4 Å². The molecule has 0 saturated heterocycles. The first-order valence-electron chi connectivity index (χ1n) is 8.91. The average Bonchev–Trinajstić information content (AvgIpc) is 3.12. The molecule has 0 aliphatic carbocycles. The number of H-pyrrole nitrogens is 1. The molecule has 30 heavy (non-hydrogen) atoms. The minimum Gasteiger partial charge on any atom is -0.483 e. The summed E-state index contributed by atoms with van der Waals surface area (Å²) < 4.78 is 11.7. The summed E-state index contributed by atoms with van der Waals surface area (Å²) in [5.41, 5.74) is 1.74. The van der Waals surface area contributed by atoms with Gasteiger partial charge in [0.05, 0.1) is 16.6 Å². The van der Waals surface area contributed by atoms with Gasteiger partial charge in [-0.15, -0.1) is 12.4 Å². The zero-order valence-electron chi connectivity index (χ0n) is 15.8. The Bertz CT molecular complexity index is 1190. The van der Waals surface area contributed by atoms with Crippen molar-refractivity contribution >= 4 is 41.0 Å². The normalized spacial score (nSPS) is 11.5. The molecule has 6 nitrogen and oxygen atoms in total. The molecule has 0 saturated carbocycles. The van der Waals surface area contributed by atoms with Crippen molar-refractivity contribution in [2.75, 3.05) is 0 Å². The summed E-state index contributed by atoms with van der Waals surface area (Å²) in [6.45, 7) is 1.84. The van der Waals surface area contributed by atoms with Gasteiger partial charge in [0, 0.05) is 11.1 Å². The zero-order chi connectivity index (χ0) is 20.4. The Hall–Kier alpha value is -3.22. The highest BCUT2D eigenvalue weighted by Gasteiger charge is 2.14. The van der Waals surface area contributed by atoms with E-state index in [1.807, 2.05) is 37.3 Å². The van der Waals surface area contributed by atoms with Gasteiger partial charge >= 0.3 is 5.97 Å². The van der Waals surface area contributed by atoms with Crippen LogP contribution in [0, 0.1) is 0 Å². The summed E-state index contributed by atoms with van der Waals surface area (Å²) in [6.07, 6.45) is -0.399. The number of hydrogen-bond donors (Lipinski definition) is 2. The number of carbonyl (C=O) groups is 1. The third kappa shape index (κ3) is 4.84. The lowest BCUT2D eigenvalue weighted by molar-refractivity contribution is 0.0696. The van der Waals surface area contributed by atoms with Crippen molar-refractivity contribution in [3.8, 4) is 17.2 Å². The van der Waals surface area contributed by atoms with Gasteiger partial charge in [0.2, 0.25) is 0 Å². The van der Waals surface area contributed by atoms with Gasteiger partial charge < -0.3 is 19.6 Å². The Morgan fingerprint density at radius 1 is 1.03 bits per heavy atom. The van der Waals surface area contributed by atoms with E-state index in [-0.39, 0.29) is 18.0 Å². The average molecular weight is 445 g/mol. The largest absolute Gasteiger partial charge is 0.483 e. The molecule has 0 bridgehead atoms. The lowest BCUT2D eigenvalue weighted by Crippen LogP contribution is -2.06. The van der Waals surface area contributed by atoms with Gasteiger partial charge in [0.15, 0.2) is 6.10 Å². The van der Waals surface area contributed by atoms with Crippen molar-refractivity contribution in [3.05, 3.63) is 83.1 Å². The highest BCUT2D eigenvalue weighted by Crippen LogP contribution is 2.28. The lowest BCUT2D eigenvalue weighted by Gasteiger charge is -2.12. The van der Waals surface area contributed by atoms with Gasteiger partial charge in [0.25, 0.3) is 0 Å². The van der Waals surface area contributed by atoms with Crippen LogP contribution in [0.5, 0.6) is 17.2 Å². The summed E-state index contributed by atoms with van der Waals surface area (Å²) in [4.78, 5) is 18.9. The smallest absolute Gasteiger partial charge is 0.335 e. The van der Waals surface area contributed by atoms with E-state index in [4.69, 9.17) is 26.2 Å². The molecule has 0 aliphatic rings. The molecule has 4 aromatic rings. The van der Waals surface area contributed by atoms with Gasteiger partial charge in [-0.3, -0.25) is 0 Å². The zero-order valence-corrected chi connectivity index (χ0v) is 17.4. The molecule has 3 aromatic carbocycles. The summed E-state index contributed by atoms with van der Waals surface area (Å²) in [5.74, 6) is 1.38. The Morgan fingerprint density at radius 3 is 2.53 bits per heavy atom. The van der Waals surface area contributed by atoms with Crippen molar-refractivity contribution in [2.45, 2.75) is 13.0 Å². The van der Waals surface area contributed by atoms with Crippen molar-refractivity contribution in [1.29, 1.82) is 0 Å². The Kier molecular flexibility index (Phi) is 6.50. The molecule has 154 valence electrons. The van der Waals surface area contributed by atoms with E-state index in [0.29, 0.717) is 28.1 Å². The molecule has 0 fully saturated rings. The lowest BCUT2D eigenvalue weighted by atomic mass is 10.2. The van der Waals surface area contributed by atoms with Crippen LogP contribution in [0.1, 0.15) is 29.2 Å². The second kappa shape index (κ2) is 9.07. The van der Waals surface area contributed by atoms with E-state index >= 15 is 0 Å². The standard InChI is InChI=1S/C22H17ClN2O4.ClH/c1-13(28-16-6-2-4-14(10-16)22(26)27)21-24-19-9-8-18(12-20(19)25-21)29-17-7-3-5-15(23)11-17;/h2-13H,1H3,(H,24,25)(H,26,27);1H. The number of ether oxygens (including phenoxy) is 2. The maximum Gasteiger partial charge on any atom is 0.335 e. The maximum atomic E-state index is 11.1. The molecule has 2 N–H and O–H groups in total. The Balaban J connectivity index is 0.00000256. The summed E-state index contributed by atoms with van der Waals surface area (Å²) in [6, 6.07) is 19.1. The maximum absolute atomic E-state index is 11.1. The number of nitrogens with zero attached hydrogens (tertiary/aromatic N) is 1. The molecule has 0 aliphatic heterocycles. The molecule has 0 amide bonds. The predicted octanol–water partition coefficient (Wildman–Crippen LogP) is 6.27. The van der Waals surface area contributed by atoms with Crippen LogP contribution in [-0.4, -0.2) is 21.0 Å². The van der Waals surface area contributed by atoms with Crippen LogP contribution in [0.4, 0.5) is 0 Å². The number of aromatic carboxylic acids is 1. The van der Waals surface area contributed by atoms with Gasteiger partial charge in [-0.05, 0) is 55.5 Å². The van der Waals surface area contributed by atoms with Crippen LogP contribution in [0.3, 0.4) is 0 Å². The molecular formula is C22H18Cl2N2O4. The van der Waals surface area contributed by atoms with Crippen LogP contribution in [0.2, 0.25) is 5.02 Å². The number of rotatable bonds is 6. The molecule has 1 unspecified atom stereocenters. The van der Waals surface area contributed by atoms with Crippen LogP contribution in [0.25, 0.3) is 11.0 Å². The highest BCUT2D eigenvalue weighted by atomic mass is 35.5. The van der Waals surface area contributed by atoms with Gasteiger partial charge in [0.1, 0.15) is 23.1 Å². The number of benzene rings is 3. The number of aromatic nitrogens is 2. The first kappa shape index (κ1) is 21.5. The van der Waals surface area contributed by atoms with Crippen molar-refractivity contribution in [3.63, 3.8) is 0 Å². The number of imidazole rings is 1. The quantitative estimate of drug-likeness (QED) is 0.366. The molecule has 1 heterocycles. The fourth-order valence-corrected chi connectivity index (χ4v) is 3.07. The molecule has 1 aromatic heterocycles. The molecule has 1 atom stereocenters. The number of hydrogen-bond acceptors (Lipinski definition) is 4. The molecule has 4 rings (SSSR count). The van der Waals surface area contributed by atoms with Crippen LogP contribution in [0.15, 0.2) is 66.7 Å². The monoisotopic (exact) mass is 444 g/mol. The van der Waals surface area contributed by atoms with Crippen molar-refractivity contribution in [1.82, 2.24) is 9.97 Å². The van der Waals surface area contributed by atoms with E-state index in [1.54, 1.807) is 24.3 Å². The van der Waals surface area contributed by atoms with Crippen LogP contribution >= 0.6 is 24.0 Å². The van der Waals surface area contributed by atoms with E-state index < -0.39 is 12.1 Å². The van der Waals surface area contributed by atoms with Crippen molar-refractivity contribution in [2.24, 2.45) is 0 Å². The second-order valence-electron chi connectivity index (χ2n) is 6.45.